The zero-order chi connectivity index (χ0) is 20.1. The van der Waals surface area contributed by atoms with Crippen LogP contribution in [-0.4, -0.2) is 54.9 Å². The first kappa shape index (κ1) is 19.9. The number of amides is 2. The van der Waals surface area contributed by atoms with Gasteiger partial charge in [-0.2, -0.15) is 0 Å². The Kier molecular flexibility index (Phi) is 5.06. The molecule has 3 heterocycles. The van der Waals surface area contributed by atoms with Gasteiger partial charge in [-0.25, -0.2) is 4.79 Å². The Bertz CT molecular complexity index is 740. The fourth-order valence-corrected chi connectivity index (χ4v) is 3.87. The largest absolute Gasteiger partial charge is 0.348 e. The molecule has 2 amide bonds. The lowest BCUT2D eigenvalue weighted by atomic mass is 10.0. The minimum absolute atomic E-state index is 0.350. The summed E-state index contributed by atoms with van der Waals surface area (Å²) in [5.41, 5.74) is 0.624. The van der Waals surface area contributed by atoms with Crippen LogP contribution in [0.2, 0.25) is 5.02 Å². The first-order valence-electron chi connectivity index (χ1n) is 9.28. The molecule has 4 rings (SSSR count). The first-order chi connectivity index (χ1) is 13.1. The van der Waals surface area contributed by atoms with Gasteiger partial charge in [-0.05, 0) is 52.0 Å². The number of nitrogens with one attached hydrogen (secondary N) is 2. The van der Waals surface area contributed by atoms with Crippen LogP contribution in [-0.2, 0) is 23.7 Å². The quantitative estimate of drug-likeness (QED) is 0.793. The Morgan fingerprint density at radius 1 is 1.04 bits per heavy atom. The van der Waals surface area contributed by atoms with Gasteiger partial charge < -0.3 is 34.3 Å². The zero-order valence-electron chi connectivity index (χ0n) is 16.2. The van der Waals surface area contributed by atoms with Gasteiger partial charge in [0, 0.05) is 10.7 Å². The van der Waals surface area contributed by atoms with Gasteiger partial charge >= 0.3 is 6.03 Å². The van der Waals surface area contributed by atoms with Gasteiger partial charge in [-0.1, -0.05) is 11.6 Å². The van der Waals surface area contributed by atoms with Crippen molar-refractivity contribution in [3.05, 3.63) is 29.3 Å². The summed E-state index contributed by atoms with van der Waals surface area (Å²) in [6, 6.07) is 6.01. The second-order valence-corrected chi connectivity index (χ2v) is 8.50. The summed E-state index contributed by atoms with van der Waals surface area (Å²) in [5, 5.41) is 6.34. The Balaban J connectivity index is 1.48. The van der Waals surface area contributed by atoms with Crippen molar-refractivity contribution in [3.8, 4) is 0 Å². The van der Waals surface area contributed by atoms with Crippen LogP contribution in [0.3, 0.4) is 0 Å². The summed E-state index contributed by atoms with van der Waals surface area (Å²) in [6.07, 6.45) is -1.86. The van der Waals surface area contributed by atoms with E-state index >= 15 is 0 Å². The van der Waals surface area contributed by atoms with E-state index < -0.39 is 36.1 Å². The van der Waals surface area contributed by atoms with Gasteiger partial charge in [0.2, 0.25) is 0 Å². The van der Waals surface area contributed by atoms with E-state index in [1.807, 2.05) is 27.7 Å². The fraction of sp³-hybridized carbons (Fsp3) is 0.632. The maximum absolute atomic E-state index is 12.6. The molecule has 3 saturated heterocycles. The van der Waals surface area contributed by atoms with Crippen LogP contribution < -0.4 is 10.6 Å². The number of halogens is 1. The van der Waals surface area contributed by atoms with Gasteiger partial charge in [0.05, 0.1) is 12.6 Å². The first-order valence-corrected chi connectivity index (χ1v) is 9.66. The minimum Gasteiger partial charge on any atom is -0.348 e. The predicted octanol–water partition coefficient (Wildman–Crippen LogP) is 2.86. The van der Waals surface area contributed by atoms with Crippen molar-refractivity contribution >= 4 is 23.3 Å². The molecule has 3 aliphatic heterocycles. The van der Waals surface area contributed by atoms with Gasteiger partial charge in [0.15, 0.2) is 17.9 Å². The van der Waals surface area contributed by atoms with E-state index in [1.165, 1.54) is 0 Å². The van der Waals surface area contributed by atoms with E-state index in [0.29, 0.717) is 17.3 Å². The molecule has 0 bridgehead atoms. The average molecular weight is 413 g/mol. The van der Waals surface area contributed by atoms with Crippen LogP contribution in [0.1, 0.15) is 27.7 Å². The standard InChI is InChI=1S/C19H25ClN2O6/c1-18(2)24-9-12(26-18)14-13(15-16(25-14)28-19(3,4)27-15)22-17(23)21-11-7-5-10(20)6-8-11/h5-8,12-16H,9H2,1-4H3,(H2,21,22,23)/t12?,13?,14-,15-,16-/m1/s1. The third-order valence-electron chi connectivity index (χ3n) is 4.88. The monoisotopic (exact) mass is 412 g/mol. The van der Waals surface area contributed by atoms with Crippen LogP contribution in [0.4, 0.5) is 10.5 Å². The van der Waals surface area contributed by atoms with Crippen LogP contribution in [0.15, 0.2) is 24.3 Å². The molecule has 1 aromatic rings. The SMILES string of the molecule is CC1(C)OCC([C@H]2O[C@@H]3OC(C)(C)O[C@@H]3C2NC(=O)Nc2ccc(Cl)cc2)O1. The smallest absolute Gasteiger partial charge is 0.319 e. The third kappa shape index (κ3) is 4.12. The Morgan fingerprint density at radius 2 is 1.75 bits per heavy atom. The molecule has 2 unspecified atom stereocenters. The van der Waals surface area contributed by atoms with Crippen molar-refractivity contribution in [3.63, 3.8) is 0 Å². The van der Waals surface area contributed by atoms with Crippen molar-refractivity contribution < 1.29 is 28.5 Å². The number of ether oxygens (including phenoxy) is 5. The van der Waals surface area contributed by atoms with Crippen molar-refractivity contribution in [1.29, 1.82) is 0 Å². The lowest BCUT2D eigenvalue weighted by molar-refractivity contribution is -0.223. The summed E-state index contributed by atoms with van der Waals surface area (Å²) in [4.78, 5) is 12.6. The fourth-order valence-electron chi connectivity index (χ4n) is 3.74. The minimum atomic E-state index is -0.792. The van der Waals surface area contributed by atoms with E-state index in [-0.39, 0.29) is 12.1 Å². The molecular weight excluding hydrogens is 388 g/mol. The average Bonchev–Trinajstić information content (AvgIpc) is 3.20. The predicted molar refractivity (Wildman–Crippen MR) is 101 cm³/mol. The molecule has 0 spiro atoms. The molecular formula is C19H25ClN2O6. The molecule has 3 fully saturated rings. The van der Waals surface area contributed by atoms with E-state index in [9.17, 15) is 4.79 Å². The van der Waals surface area contributed by atoms with Crippen LogP contribution >= 0.6 is 11.6 Å². The molecule has 0 aromatic heterocycles. The highest BCUT2D eigenvalue weighted by Crippen LogP contribution is 2.40. The zero-order valence-corrected chi connectivity index (χ0v) is 17.0. The molecule has 5 atom stereocenters. The number of carbonyl (C=O) groups excluding carboxylic acids is 1. The van der Waals surface area contributed by atoms with Gasteiger partial charge in [-0.3, -0.25) is 0 Å². The molecule has 2 N–H and O–H groups in total. The summed E-state index contributed by atoms with van der Waals surface area (Å²) in [6.45, 7) is 7.67. The van der Waals surface area contributed by atoms with E-state index in [4.69, 9.17) is 35.3 Å². The summed E-state index contributed by atoms with van der Waals surface area (Å²) >= 11 is 5.89. The molecule has 3 aliphatic rings. The van der Waals surface area contributed by atoms with Gasteiger partial charge in [0.1, 0.15) is 18.3 Å². The van der Waals surface area contributed by atoms with Crippen molar-refractivity contribution in [2.45, 2.75) is 69.9 Å². The second kappa shape index (κ2) is 7.12. The van der Waals surface area contributed by atoms with Crippen molar-refractivity contribution in [2.24, 2.45) is 0 Å². The molecule has 154 valence electrons. The number of rotatable bonds is 3. The molecule has 28 heavy (non-hydrogen) atoms. The lowest BCUT2D eigenvalue weighted by Gasteiger charge is -2.29. The van der Waals surface area contributed by atoms with Crippen molar-refractivity contribution in [2.75, 3.05) is 11.9 Å². The number of carbonyl (C=O) groups is 1. The lowest BCUT2D eigenvalue weighted by Crippen LogP contribution is -2.53. The number of urea groups is 1. The highest BCUT2D eigenvalue weighted by Gasteiger charge is 2.58. The van der Waals surface area contributed by atoms with Crippen LogP contribution in [0.5, 0.6) is 0 Å². The number of benzene rings is 1. The Morgan fingerprint density at radius 3 is 2.39 bits per heavy atom. The molecule has 0 saturated carbocycles. The molecule has 1 aromatic carbocycles. The van der Waals surface area contributed by atoms with Crippen LogP contribution in [0.25, 0.3) is 0 Å². The number of fused-ring (bicyclic) bond motifs is 1. The number of hydrogen-bond donors (Lipinski definition) is 2. The summed E-state index contributed by atoms with van der Waals surface area (Å²) in [5.74, 6) is -1.50. The van der Waals surface area contributed by atoms with E-state index in [0.717, 1.165) is 0 Å². The second-order valence-electron chi connectivity index (χ2n) is 8.07. The highest BCUT2D eigenvalue weighted by atomic mass is 35.5. The maximum Gasteiger partial charge on any atom is 0.319 e. The summed E-state index contributed by atoms with van der Waals surface area (Å²) in [7, 11) is 0. The number of anilines is 1. The maximum atomic E-state index is 12.6. The Labute approximate surface area is 168 Å². The number of hydrogen-bond acceptors (Lipinski definition) is 6. The normalized spacial score (nSPS) is 35.5. The topological polar surface area (TPSA) is 87.3 Å². The van der Waals surface area contributed by atoms with Crippen molar-refractivity contribution in [1.82, 2.24) is 5.32 Å². The molecule has 0 aliphatic carbocycles. The van der Waals surface area contributed by atoms with Crippen LogP contribution in [0, 0.1) is 0 Å². The highest BCUT2D eigenvalue weighted by molar-refractivity contribution is 6.30. The molecule has 8 nitrogen and oxygen atoms in total. The summed E-state index contributed by atoms with van der Waals surface area (Å²) < 4.78 is 29.5. The molecule has 0 radical (unpaired) electrons. The van der Waals surface area contributed by atoms with E-state index in [2.05, 4.69) is 10.6 Å². The van der Waals surface area contributed by atoms with Gasteiger partial charge in [-0.15, -0.1) is 0 Å². The molecule has 9 heteroatoms. The van der Waals surface area contributed by atoms with Gasteiger partial charge in [0.25, 0.3) is 0 Å². The van der Waals surface area contributed by atoms with E-state index in [1.54, 1.807) is 24.3 Å². The Hall–Kier alpha value is -1.42. The third-order valence-corrected chi connectivity index (χ3v) is 5.14.